The molecule has 0 amide bonds. The highest BCUT2D eigenvalue weighted by molar-refractivity contribution is 6.66. The summed E-state index contributed by atoms with van der Waals surface area (Å²) in [5, 5.41) is 23.4. The molecule has 0 aromatic carbocycles. The zero-order valence-corrected chi connectivity index (χ0v) is 4.42. The highest BCUT2D eigenvalue weighted by atomic mass is 15.4. The Morgan fingerprint density at radius 3 is 2.44 bits per heavy atom. The molecule has 9 heavy (non-hydrogen) atoms. The van der Waals surface area contributed by atoms with Gasteiger partial charge in [-0.25, -0.2) is 0 Å². The van der Waals surface area contributed by atoms with Crippen LogP contribution in [-0.2, 0) is 0 Å². The van der Waals surface area contributed by atoms with Crippen LogP contribution in [0, 0.1) is 10.8 Å². The standard InChI is InChI=1S/C3H4N6/c4-1-2(5)7-9-8-3(1)6/h4H,(H3,5,6,7,8). The Bertz CT molecular complexity index is 222. The van der Waals surface area contributed by atoms with E-state index in [0.29, 0.717) is 0 Å². The summed E-state index contributed by atoms with van der Waals surface area (Å²) in [6.07, 6.45) is 0. The molecule has 1 aliphatic rings. The van der Waals surface area contributed by atoms with Gasteiger partial charge in [-0.2, -0.15) is 0 Å². The van der Waals surface area contributed by atoms with Crippen molar-refractivity contribution < 1.29 is 0 Å². The first kappa shape index (κ1) is 5.54. The maximum absolute atomic E-state index is 6.97. The third-order valence-corrected chi connectivity index (χ3v) is 0.790. The fraction of sp³-hybridized carbons (Fsp3) is 0. The van der Waals surface area contributed by atoms with Gasteiger partial charge in [0, 0.05) is 0 Å². The molecule has 4 N–H and O–H groups in total. The lowest BCUT2D eigenvalue weighted by Crippen LogP contribution is -2.30. The van der Waals surface area contributed by atoms with Crippen LogP contribution >= 0.6 is 0 Å². The Hall–Kier alpha value is -1.59. The van der Waals surface area contributed by atoms with Crippen molar-refractivity contribution in [2.24, 2.45) is 21.2 Å². The Labute approximate surface area is 50.5 Å². The Kier molecular flexibility index (Phi) is 1.07. The molecule has 0 aromatic heterocycles. The van der Waals surface area contributed by atoms with E-state index >= 15 is 0 Å². The number of nitrogens with zero attached hydrogens (tertiary/aromatic N) is 3. The Balaban J connectivity index is 3.00. The second kappa shape index (κ2) is 1.73. The van der Waals surface area contributed by atoms with Gasteiger partial charge in [0.05, 0.1) is 0 Å². The molecule has 0 fully saturated rings. The summed E-state index contributed by atoms with van der Waals surface area (Å²) in [7, 11) is 0. The monoisotopic (exact) mass is 124 g/mol. The van der Waals surface area contributed by atoms with Crippen molar-refractivity contribution in [3.05, 3.63) is 0 Å². The fourth-order valence-corrected chi connectivity index (χ4v) is 0.337. The van der Waals surface area contributed by atoms with Gasteiger partial charge in [0.15, 0.2) is 11.7 Å². The van der Waals surface area contributed by atoms with E-state index in [2.05, 4.69) is 15.4 Å². The molecule has 1 heterocycles. The van der Waals surface area contributed by atoms with Crippen molar-refractivity contribution in [3.63, 3.8) is 0 Å². The highest BCUT2D eigenvalue weighted by Crippen LogP contribution is 1.91. The smallest absolute Gasteiger partial charge is 0.198 e. The van der Waals surface area contributed by atoms with E-state index in [1.165, 1.54) is 0 Å². The van der Waals surface area contributed by atoms with Crippen molar-refractivity contribution in [3.8, 4) is 0 Å². The van der Waals surface area contributed by atoms with Crippen LogP contribution in [-0.4, -0.2) is 17.4 Å². The number of hydrogen-bond acceptors (Lipinski definition) is 5. The zero-order valence-electron chi connectivity index (χ0n) is 4.42. The summed E-state index contributed by atoms with van der Waals surface area (Å²) in [5.74, 6) is -0.308. The number of hydrogen-bond donors (Lipinski definition) is 3. The van der Waals surface area contributed by atoms with Crippen molar-refractivity contribution in [1.29, 1.82) is 10.8 Å². The Morgan fingerprint density at radius 1 is 1.33 bits per heavy atom. The van der Waals surface area contributed by atoms with Crippen LogP contribution in [0.3, 0.4) is 0 Å². The maximum atomic E-state index is 6.97. The van der Waals surface area contributed by atoms with Gasteiger partial charge in [-0.15, -0.1) is 10.2 Å². The molecule has 46 valence electrons. The van der Waals surface area contributed by atoms with Crippen molar-refractivity contribution >= 4 is 17.4 Å². The van der Waals surface area contributed by atoms with Crippen molar-refractivity contribution in [2.45, 2.75) is 0 Å². The predicted molar refractivity (Wildman–Crippen MR) is 31.9 cm³/mol. The molecule has 0 spiro atoms. The lowest BCUT2D eigenvalue weighted by Gasteiger charge is -1.99. The fourth-order valence-electron chi connectivity index (χ4n) is 0.337. The molecular formula is C3H4N6. The summed E-state index contributed by atoms with van der Waals surface area (Å²) in [5.41, 5.74) is 4.92. The van der Waals surface area contributed by atoms with Crippen LogP contribution in [0.1, 0.15) is 0 Å². The van der Waals surface area contributed by atoms with Gasteiger partial charge in [0.2, 0.25) is 0 Å². The summed E-state index contributed by atoms with van der Waals surface area (Å²) in [6.45, 7) is 0. The van der Waals surface area contributed by atoms with Gasteiger partial charge in [-0.1, -0.05) is 0 Å². The predicted octanol–water partition coefficient (Wildman–Crippen LogP) is -0.279. The molecule has 6 heteroatoms. The normalized spacial score (nSPS) is 18.0. The average molecular weight is 124 g/mol. The van der Waals surface area contributed by atoms with Gasteiger partial charge in [-0.05, 0) is 5.22 Å². The van der Waals surface area contributed by atoms with Gasteiger partial charge in [-0.3, -0.25) is 10.8 Å². The minimum absolute atomic E-state index is 0.0602. The van der Waals surface area contributed by atoms with Crippen LogP contribution in [0.25, 0.3) is 0 Å². The minimum Gasteiger partial charge on any atom is -0.380 e. The quantitative estimate of drug-likeness (QED) is 0.405. The number of nitrogens with two attached hydrogens (primary N) is 1. The molecule has 0 unspecified atom stereocenters. The summed E-state index contributed by atoms with van der Waals surface area (Å²) in [6, 6.07) is 0. The van der Waals surface area contributed by atoms with E-state index in [9.17, 15) is 0 Å². The third-order valence-electron chi connectivity index (χ3n) is 0.790. The van der Waals surface area contributed by atoms with Crippen molar-refractivity contribution in [2.75, 3.05) is 0 Å². The van der Waals surface area contributed by atoms with Crippen LogP contribution in [0.4, 0.5) is 0 Å². The SMILES string of the molecule is N=C1N=NN=C(N)C1=N. The van der Waals surface area contributed by atoms with Gasteiger partial charge < -0.3 is 5.73 Å². The molecular weight excluding hydrogens is 120 g/mol. The number of rotatable bonds is 0. The van der Waals surface area contributed by atoms with E-state index in [1.54, 1.807) is 0 Å². The van der Waals surface area contributed by atoms with E-state index in [-0.39, 0.29) is 17.4 Å². The van der Waals surface area contributed by atoms with Crippen LogP contribution in [0.2, 0.25) is 0 Å². The van der Waals surface area contributed by atoms with Crippen LogP contribution < -0.4 is 5.73 Å². The highest BCUT2D eigenvalue weighted by Gasteiger charge is 2.11. The summed E-state index contributed by atoms with van der Waals surface area (Å²) >= 11 is 0. The van der Waals surface area contributed by atoms with Gasteiger partial charge >= 0.3 is 0 Å². The molecule has 0 bridgehead atoms. The van der Waals surface area contributed by atoms with E-state index < -0.39 is 0 Å². The second-order valence-electron chi connectivity index (χ2n) is 1.40. The second-order valence-corrected chi connectivity index (χ2v) is 1.40. The van der Waals surface area contributed by atoms with Crippen molar-refractivity contribution in [1.82, 2.24) is 0 Å². The molecule has 0 aliphatic carbocycles. The minimum atomic E-state index is -0.248. The first-order valence-electron chi connectivity index (χ1n) is 2.14. The summed E-state index contributed by atoms with van der Waals surface area (Å²) in [4.78, 5) is 0. The lowest BCUT2D eigenvalue weighted by molar-refractivity contribution is 1.06. The lowest BCUT2D eigenvalue weighted by atomic mass is 10.3. The van der Waals surface area contributed by atoms with Crippen LogP contribution in [0.15, 0.2) is 15.4 Å². The van der Waals surface area contributed by atoms with E-state index in [0.717, 1.165) is 0 Å². The molecule has 0 saturated carbocycles. The molecule has 1 rings (SSSR count). The van der Waals surface area contributed by atoms with E-state index in [1.807, 2.05) is 0 Å². The molecule has 1 aliphatic heterocycles. The van der Waals surface area contributed by atoms with Gasteiger partial charge in [0.1, 0.15) is 5.71 Å². The molecule has 6 nitrogen and oxygen atoms in total. The molecule has 0 radical (unpaired) electrons. The van der Waals surface area contributed by atoms with Gasteiger partial charge in [0.25, 0.3) is 0 Å². The number of amidine groups is 2. The van der Waals surface area contributed by atoms with E-state index in [4.69, 9.17) is 16.6 Å². The molecule has 0 atom stereocenters. The molecule has 0 saturated heterocycles. The Morgan fingerprint density at radius 2 is 2.00 bits per heavy atom. The molecule has 0 aromatic rings. The third kappa shape index (κ3) is 0.809. The first-order chi connectivity index (χ1) is 4.22. The average Bonchev–Trinajstić information content (AvgIpc) is 1.83. The zero-order chi connectivity index (χ0) is 6.85. The summed E-state index contributed by atoms with van der Waals surface area (Å²) < 4.78 is 0. The first-order valence-corrected chi connectivity index (χ1v) is 2.14. The topological polar surface area (TPSA) is 111 Å². The maximum Gasteiger partial charge on any atom is 0.198 e. The number of nitrogens with one attached hydrogen (secondary N) is 2. The van der Waals surface area contributed by atoms with Crippen LogP contribution in [0.5, 0.6) is 0 Å². The largest absolute Gasteiger partial charge is 0.380 e.